The standard InChI is InChI=1S/C21H17NO3S/c1-26(24,25)19-9-7-18(8-10-19)21(23)20(17-5-3-2-4-6-17)15-16-11-13-22-14-12-16/h2-15H,1H3/b20-15+. The molecule has 0 fully saturated rings. The van der Waals surface area contributed by atoms with Gasteiger partial charge in [-0.05, 0) is 53.6 Å². The molecule has 130 valence electrons. The van der Waals surface area contributed by atoms with Crippen LogP contribution >= 0.6 is 0 Å². The molecule has 4 nitrogen and oxygen atoms in total. The van der Waals surface area contributed by atoms with Crippen LogP contribution in [-0.4, -0.2) is 25.4 Å². The first-order chi connectivity index (χ1) is 12.4. The van der Waals surface area contributed by atoms with Crippen LogP contribution < -0.4 is 0 Å². The van der Waals surface area contributed by atoms with Crippen LogP contribution in [0.1, 0.15) is 21.5 Å². The van der Waals surface area contributed by atoms with Gasteiger partial charge >= 0.3 is 0 Å². The predicted octanol–water partition coefficient (Wildman–Crippen LogP) is 3.91. The van der Waals surface area contributed by atoms with E-state index in [1.807, 2.05) is 48.5 Å². The van der Waals surface area contributed by atoms with Crippen molar-refractivity contribution in [1.82, 2.24) is 4.98 Å². The van der Waals surface area contributed by atoms with Crippen LogP contribution in [-0.2, 0) is 9.84 Å². The van der Waals surface area contributed by atoms with Gasteiger partial charge in [0.2, 0.25) is 0 Å². The van der Waals surface area contributed by atoms with Crippen molar-refractivity contribution in [1.29, 1.82) is 0 Å². The summed E-state index contributed by atoms with van der Waals surface area (Å²) in [7, 11) is -3.30. The maximum absolute atomic E-state index is 13.1. The fourth-order valence-corrected chi connectivity index (χ4v) is 3.16. The van der Waals surface area contributed by atoms with Crippen LogP contribution in [0.25, 0.3) is 11.6 Å². The Labute approximate surface area is 152 Å². The Morgan fingerprint density at radius 3 is 2.04 bits per heavy atom. The molecule has 3 rings (SSSR count). The second-order valence-electron chi connectivity index (χ2n) is 5.83. The average molecular weight is 363 g/mol. The number of allylic oxidation sites excluding steroid dienone is 1. The number of hydrogen-bond donors (Lipinski definition) is 0. The lowest BCUT2D eigenvalue weighted by Gasteiger charge is -2.08. The molecule has 1 heterocycles. The molecule has 0 aliphatic heterocycles. The minimum Gasteiger partial charge on any atom is -0.289 e. The fraction of sp³-hybridized carbons (Fsp3) is 0.0476. The van der Waals surface area contributed by atoms with Gasteiger partial charge in [0.15, 0.2) is 15.6 Å². The number of hydrogen-bond acceptors (Lipinski definition) is 4. The molecule has 0 spiro atoms. The van der Waals surface area contributed by atoms with E-state index in [2.05, 4.69) is 4.98 Å². The monoisotopic (exact) mass is 363 g/mol. The van der Waals surface area contributed by atoms with Crippen molar-refractivity contribution in [2.75, 3.05) is 6.26 Å². The van der Waals surface area contributed by atoms with Gasteiger partial charge in [0.25, 0.3) is 0 Å². The van der Waals surface area contributed by atoms with E-state index in [0.29, 0.717) is 11.1 Å². The predicted molar refractivity (Wildman–Crippen MR) is 102 cm³/mol. The van der Waals surface area contributed by atoms with E-state index in [1.54, 1.807) is 24.5 Å². The SMILES string of the molecule is CS(=O)(=O)c1ccc(C(=O)/C(=C/c2ccncc2)c2ccccc2)cc1. The normalized spacial score (nSPS) is 12.0. The summed E-state index contributed by atoms with van der Waals surface area (Å²) in [4.78, 5) is 17.3. The van der Waals surface area contributed by atoms with E-state index in [-0.39, 0.29) is 10.7 Å². The molecule has 5 heteroatoms. The van der Waals surface area contributed by atoms with E-state index in [4.69, 9.17) is 0 Å². The summed E-state index contributed by atoms with van der Waals surface area (Å²) < 4.78 is 23.2. The van der Waals surface area contributed by atoms with Crippen LogP contribution in [0.15, 0.2) is 84.0 Å². The molecule has 0 atom stereocenters. The van der Waals surface area contributed by atoms with Crippen molar-refractivity contribution in [3.05, 3.63) is 95.8 Å². The highest BCUT2D eigenvalue weighted by Crippen LogP contribution is 2.23. The largest absolute Gasteiger partial charge is 0.289 e. The molecule has 0 radical (unpaired) electrons. The number of aromatic nitrogens is 1. The van der Waals surface area contributed by atoms with Gasteiger partial charge in [-0.2, -0.15) is 0 Å². The third-order valence-electron chi connectivity index (χ3n) is 3.89. The lowest BCUT2D eigenvalue weighted by Crippen LogP contribution is -2.04. The quantitative estimate of drug-likeness (QED) is 0.509. The van der Waals surface area contributed by atoms with Crippen LogP contribution in [0, 0.1) is 0 Å². The number of Topliss-reactive ketones (excluding diaryl/α,β-unsaturated/α-hetero) is 1. The minimum atomic E-state index is -3.30. The van der Waals surface area contributed by atoms with Gasteiger partial charge < -0.3 is 0 Å². The Balaban J connectivity index is 2.05. The van der Waals surface area contributed by atoms with Crippen molar-refractivity contribution in [3.63, 3.8) is 0 Å². The van der Waals surface area contributed by atoms with Gasteiger partial charge in [-0.25, -0.2) is 8.42 Å². The molecule has 1 aromatic heterocycles. The summed E-state index contributed by atoms with van der Waals surface area (Å²) in [5.74, 6) is -0.173. The molecule has 0 saturated carbocycles. The Morgan fingerprint density at radius 2 is 1.46 bits per heavy atom. The second-order valence-corrected chi connectivity index (χ2v) is 7.85. The van der Waals surface area contributed by atoms with E-state index < -0.39 is 9.84 Å². The number of pyridine rings is 1. The molecule has 2 aromatic carbocycles. The zero-order chi connectivity index (χ0) is 18.6. The third kappa shape index (κ3) is 4.13. The molecule has 0 aliphatic rings. The number of carbonyl (C=O) groups is 1. The summed E-state index contributed by atoms with van der Waals surface area (Å²) in [5, 5.41) is 0. The van der Waals surface area contributed by atoms with Gasteiger partial charge in [-0.1, -0.05) is 30.3 Å². The van der Waals surface area contributed by atoms with E-state index >= 15 is 0 Å². The molecular weight excluding hydrogens is 346 g/mol. The Hall–Kier alpha value is -3.05. The summed E-state index contributed by atoms with van der Waals surface area (Å²) in [6.45, 7) is 0. The summed E-state index contributed by atoms with van der Waals surface area (Å²) >= 11 is 0. The molecule has 0 N–H and O–H groups in total. The molecule has 0 bridgehead atoms. The number of benzene rings is 2. The molecule has 0 amide bonds. The Kier molecular flexibility index (Phi) is 5.09. The lowest BCUT2D eigenvalue weighted by atomic mass is 9.95. The van der Waals surface area contributed by atoms with Crippen molar-refractivity contribution in [3.8, 4) is 0 Å². The number of ketones is 1. The van der Waals surface area contributed by atoms with E-state index in [1.165, 1.54) is 12.1 Å². The molecule has 0 aliphatic carbocycles. The van der Waals surface area contributed by atoms with Crippen LogP contribution in [0.4, 0.5) is 0 Å². The average Bonchev–Trinajstić information content (AvgIpc) is 2.66. The van der Waals surface area contributed by atoms with Gasteiger partial charge in [0, 0.05) is 29.8 Å². The maximum atomic E-state index is 13.1. The smallest absolute Gasteiger partial charge is 0.193 e. The van der Waals surface area contributed by atoms with Crippen molar-refractivity contribution >= 4 is 27.3 Å². The van der Waals surface area contributed by atoms with Crippen LogP contribution in [0.3, 0.4) is 0 Å². The first-order valence-corrected chi connectivity index (χ1v) is 9.86. The zero-order valence-electron chi connectivity index (χ0n) is 14.2. The highest BCUT2D eigenvalue weighted by Gasteiger charge is 2.16. The van der Waals surface area contributed by atoms with Gasteiger partial charge in [-0.3, -0.25) is 9.78 Å². The number of sulfone groups is 1. The Bertz CT molecular complexity index is 1040. The van der Waals surface area contributed by atoms with Crippen molar-refractivity contribution in [2.45, 2.75) is 4.90 Å². The van der Waals surface area contributed by atoms with E-state index in [9.17, 15) is 13.2 Å². The van der Waals surface area contributed by atoms with Gasteiger partial charge in [0.1, 0.15) is 0 Å². The highest BCUT2D eigenvalue weighted by molar-refractivity contribution is 7.90. The number of rotatable bonds is 5. The molecule has 0 saturated heterocycles. The fourth-order valence-electron chi connectivity index (χ4n) is 2.53. The number of carbonyl (C=O) groups excluding carboxylic acids is 1. The molecule has 3 aromatic rings. The summed E-state index contributed by atoms with van der Waals surface area (Å²) in [6.07, 6.45) is 6.28. The van der Waals surface area contributed by atoms with Crippen LogP contribution in [0.5, 0.6) is 0 Å². The van der Waals surface area contributed by atoms with Gasteiger partial charge in [-0.15, -0.1) is 0 Å². The first kappa shape index (κ1) is 17.8. The Morgan fingerprint density at radius 1 is 0.846 bits per heavy atom. The summed E-state index contributed by atoms with van der Waals surface area (Å²) in [5.41, 5.74) is 2.62. The molecule has 0 unspecified atom stereocenters. The van der Waals surface area contributed by atoms with Gasteiger partial charge in [0.05, 0.1) is 4.90 Å². The minimum absolute atomic E-state index is 0.173. The highest BCUT2D eigenvalue weighted by atomic mass is 32.2. The first-order valence-electron chi connectivity index (χ1n) is 7.97. The third-order valence-corrected chi connectivity index (χ3v) is 5.02. The van der Waals surface area contributed by atoms with E-state index in [0.717, 1.165) is 17.4 Å². The van der Waals surface area contributed by atoms with Crippen LogP contribution in [0.2, 0.25) is 0 Å². The topological polar surface area (TPSA) is 64.1 Å². The summed E-state index contributed by atoms with van der Waals surface area (Å²) in [6, 6.07) is 19.0. The van der Waals surface area contributed by atoms with Crippen molar-refractivity contribution < 1.29 is 13.2 Å². The maximum Gasteiger partial charge on any atom is 0.193 e. The number of nitrogens with zero attached hydrogens (tertiary/aromatic N) is 1. The lowest BCUT2D eigenvalue weighted by molar-refractivity contribution is 0.105. The second kappa shape index (κ2) is 7.45. The van der Waals surface area contributed by atoms with Crippen molar-refractivity contribution in [2.24, 2.45) is 0 Å². The molecular formula is C21H17NO3S. The zero-order valence-corrected chi connectivity index (χ0v) is 15.0. The molecule has 26 heavy (non-hydrogen) atoms.